The van der Waals surface area contributed by atoms with E-state index in [-0.39, 0.29) is 0 Å². The van der Waals surface area contributed by atoms with Gasteiger partial charge in [-0.1, -0.05) is 26.7 Å². The number of unbranched alkanes of at least 4 members (excludes halogenated alkanes) is 3. The molecule has 0 N–H and O–H groups in total. The molecule has 0 aliphatic heterocycles. The van der Waals surface area contributed by atoms with Crippen LogP contribution < -0.4 is 0 Å². The van der Waals surface area contributed by atoms with E-state index in [2.05, 4.69) is 13.8 Å². The number of carbonyl (C=O) groups is 2. The van der Waals surface area contributed by atoms with Gasteiger partial charge in [-0.3, -0.25) is 9.59 Å². The van der Waals surface area contributed by atoms with Crippen molar-refractivity contribution in [3.05, 3.63) is 0 Å². The summed E-state index contributed by atoms with van der Waals surface area (Å²) in [6, 6.07) is 0. The minimum Gasteiger partial charge on any atom is -0.300 e. The molecule has 0 aliphatic carbocycles. The molecule has 0 saturated heterocycles. The smallest absolute Gasteiger partial charge is 0.132 e. The van der Waals surface area contributed by atoms with E-state index < -0.39 is 0 Å². The van der Waals surface area contributed by atoms with Crippen molar-refractivity contribution in [1.82, 2.24) is 0 Å². The van der Waals surface area contributed by atoms with Crippen molar-refractivity contribution in [2.75, 3.05) is 0 Å². The number of hydrogen-bond acceptors (Lipinski definition) is 2. The fourth-order valence-electron chi connectivity index (χ4n) is 1.64. The zero-order chi connectivity index (χ0) is 12.2. The minimum absolute atomic E-state index is 0.364. The van der Waals surface area contributed by atoms with Crippen LogP contribution in [0, 0.1) is 0 Å². The van der Waals surface area contributed by atoms with Gasteiger partial charge in [-0.2, -0.15) is 0 Å². The largest absolute Gasteiger partial charge is 0.300 e. The molecule has 0 saturated carbocycles. The third-order valence-electron chi connectivity index (χ3n) is 2.78. The highest BCUT2D eigenvalue weighted by Crippen LogP contribution is 2.07. The molecule has 0 aromatic heterocycles. The molecular weight excluding hydrogens is 200 g/mol. The predicted molar refractivity (Wildman–Crippen MR) is 67.5 cm³/mol. The van der Waals surface area contributed by atoms with E-state index in [1.54, 1.807) is 0 Å². The van der Waals surface area contributed by atoms with Gasteiger partial charge < -0.3 is 0 Å². The van der Waals surface area contributed by atoms with Crippen molar-refractivity contribution < 1.29 is 9.59 Å². The van der Waals surface area contributed by atoms with Crippen LogP contribution in [-0.2, 0) is 9.59 Å². The fourth-order valence-corrected chi connectivity index (χ4v) is 1.64. The summed E-state index contributed by atoms with van der Waals surface area (Å²) in [5.41, 5.74) is 0. The average molecular weight is 226 g/mol. The summed E-state index contributed by atoms with van der Waals surface area (Å²) in [4.78, 5) is 22.7. The number of ketones is 2. The van der Waals surface area contributed by atoms with Crippen LogP contribution >= 0.6 is 0 Å². The van der Waals surface area contributed by atoms with E-state index >= 15 is 0 Å². The molecule has 94 valence electrons. The number of rotatable bonds is 11. The van der Waals surface area contributed by atoms with Crippen LogP contribution in [0.15, 0.2) is 0 Å². The maximum atomic E-state index is 11.3. The second-order valence-electron chi connectivity index (χ2n) is 4.49. The third-order valence-corrected chi connectivity index (χ3v) is 2.78. The Hall–Kier alpha value is -0.660. The Bertz CT molecular complexity index is 175. The second kappa shape index (κ2) is 10.8. The lowest BCUT2D eigenvalue weighted by Gasteiger charge is -2.01. The van der Waals surface area contributed by atoms with Crippen LogP contribution in [0.4, 0.5) is 0 Å². The average Bonchev–Trinajstić information content (AvgIpc) is 2.29. The lowest BCUT2D eigenvalue weighted by Crippen LogP contribution is -2.00. The molecule has 0 aliphatic rings. The molecule has 2 nitrogen and oxygen atoms in total. The van der Waals surface area contributed by atoms with Gasteiger partial charge in [0.15, 0.2) is 0 Å². The minimum atomic E-state index is 0.364. The van der Waals surface area contributed by atoms with Crippen molar-refractivity contribution in [2.45, 2.75) is 78.1 Å². The van der Waals surface area contributed by atoms with Crippen molar-refractivity contribution in [3.8, 4) is 0 Å². The van der Waals surface area contributed by atoms with Crippen molar-refractivity contribution in [3.63, 3.8) is 0 Å². The van der Waals surface area contributed by atoms with E-state index in [9.17, 15) is 9.59 Å². The van der Waals surface area contributed by atoms with Gasteiger partial charge in [-0.05, 0) is 25.7 Å². The van der Waals surface area contributed by atoms with Crippen LogP contribution in [0.3, 0.4) is 0 Å². The maximum absolute atomic E-state index is 11.3. The highest BCUT2D eigenvalue weighted by atomic mass is 16.1. The molecule has 0 amide bonds. The highest BCUT2D eigenvalue weighted by Gasteiger charge is 2.03. The quantitative estimate of drug-likeness (QED) is 0.498. The van der Waals surface area contributed by atoms with Gasteiger partial charge in [0.05, 0.1) is 0 Å². The molecule has 0 fully saturated rings. The molecule has 0 spiro atoms. The monoisotopic (exact) mass is 226 g/mol. The van der Waals surface area contributed by atoms with E-state index in [0.29, 0.717) is 24.4 Å². The Morgan fingerprint density at radius 2 is 0.938 bits per heavy atom. The van der Waals surface area contributed by atoms with Crippen LogP contribution in [0.25, 0.3) is 0 Å². The van der Waals surface area contributed by atoms with Gasteiger partial charge in [0.2, 0.25) is 0 Å². The normalized spacial score (nSPS) is 10.4. The molecule has 16 heavy (non-hydrogen) atoms. The molecule has 0 bridgehead atoms. The predicted octanol–water partition coefficient (Wildman–Crippen LogP) is 4.07. The molecule has 0 radical (unpaired) electrons. The first-order chi connectivity index (χ1) is 7.70. The molecular formula is C14H26O2. The molecule has 0 atom stereocenters. The summed E-state index contributed by atoms with van der Waals surface area (Å²) in [5.74, 6) is 0.728. The lowest BCUT2D eigenvalue weighted by atomic mass is 10.0. The molecule has 0 aromatic rings. The van der Waals surface area contributed by atoms with Crippen LogP contribution in [0.2, 0.25) is 0 Å². The van der Waals surface area contributed by atoms with Gasteiger partial charge in [0, 0.05) is 25.7 Å². The van der Waals surface area contributed by atoms with E-state index in [1.807, 2.05) is 0 Å². The molecule has 0 rings (SSSR count). The number of Topliss-reactive ketones (excluding diaryl/α,β-unsaturated/α-hetero) is 2. The van der Waals surface area contributed by atoms with Crippen molar-refractivity contribution in [2.24, 2.45) is 0 Å². The Balaban J connectivity index is 3.31. The summed E-state index contributed by atoms with van der Waals surface area (Å²) in [6.45, 7) is 4.19. The zero-order valence-electron chi connectivity index (χ0n) is 10.9. The van der Waals surface area contributed by atoms with Gasteiger partial charge in [-0.25, -0.2) is 0 Å². The number of carbonyl (C=O) groups excluding carboxylic acids is 2. The van der Waals surface area contributed by atoms with Crippen LogP contribution in [0.5, 0.6) is 0 Å². The van der Waals surface area contributed by atoms with E-state index in [0.717, 1.165) is 51.4 Å². The Kier molecular flexibility index (Phi) is 10.4. The van der Waals surface area contributed by atoms with Crippen molar-refractivity contribution in [1.29, 1.82) is 0 Å². The van der Waals surface area contributed by atoms with Gasteiger partial charge >= 0.3 is 0 Å². The van der Waals surface area contributed by atoms with Gasteiger partial charge in [-0.15, -0.1) is 0 Å². The molecule has 0 heterocycles. The topological polar surface area (TPSA) is 34.1 Å². The molecule has 0 aromatic carbocycles. The zero-order valence-corrected chi connectivity index (χ0v) is 10.9. The van der Waals surface area contributed by atoms with Crippen LogP contribution in [-0.4, -0.2) is 11.6 Å². The van der Waals surface area contributed by atoms with Gasteiger partial charge in [0.1, 0.15) is 11.6 Å². The Morgan fingerprint density at radius 1 is 0.625 bits per heavy atom. The fraction of sp³-hybridized carbons (Fsp3) is 0.857. The summed E-state index contributed by atoms with van der Waals surface area (Å²) in [7, 11) is 0. The first-order valence-electron chi connectivity index (χ1n) is 6.74. The van der Waals surface area contributed by atoms with Gasteiger partial charge in [0.25, 0.3) is 0 Å². The van der Waals surface area contributed by atoms with E-state index in [1.165, 1.54) is 0 Å². The maximum Gasteiger partial charge on any atom is 0.132 e. The van der Waals surface area contributed by atoms with Crippen LogP contribution in [0.1, 0.15) is 78.1 Å². The van der Waals surface area contributed by atoms with E-state index in [4.69, 9.17) is 0 Å². The van der Waals surface area contributed by atoms with Crippen molar-refractivity contribution >= 4 is 11.6 Å². The summed E-state index contributed by atoms with van der Waals surface area (Å²) >= 11 is 0. The number of hydrogen-bond donors (Lipinski definition) is 0. The first-order valence-corrected chi connectivity index (χ1v) is 6.74. The highest BCUT2D eigenvalue weighted by molar-refractivity contribution is 5.79. The Morgan fingerprint density at radius 3 is 1.25 bits per heavy atom. The summed E-state index contributed by atoms with van der Waals surface area (Å²) < 4.78 is 0. The summed E-state index contributed by atoms with van der Waals surface area (Å²) in [5, 5.41) is 0. The SMILES string of the molecule is CCCCC(=O)CCCCC(=O)CCCC. The second-order valence-corrected chi connectivity index (χ2v) is 4.49. The Labute approximate surface area is 99.8 Å². The third kappa shape index (κ3) is 9.88. The lowest BCUT2D eigenvalue weighted by molar-refractivity contribution is -0.121. The first kappa shape index (κ1) is 15.3. The standard InChI is InChI=1S/C14H26O2/c1-3-5-9-13(15)11-7-8-12-14(16)10-6-4-2/h3-12H2,1-2H3. The molecule has 0 unspecified atom stereocenters. The molecule has 2 heteroatoms. The summed E-state index contributed by atoms with van der Waals surface area (Å²) in [6.07, 6.45) is 8.74.